The lowest BCUT2D eigenvalue weighted by Crippen LogP contribution is -2.40. The molecule has 3 atom stereocenters. The maximum atomic E-state index is 9.76. The molecule has 0 aliphatic heterocycles. The molecule has 0 aliphatic carbocycles. The van der Waals surface area contributed by atoms with E-state index in [0.717, 1.165) is 0 Å². The van der Waals surface area contributed by atoms with Crippen LogP contribution in [0.2, 0.25) is 0 Å². The van der Waals surface area contributed by atoms with Gasteiger partial charge in [-0.15, -0.1) is 0 Å². The zero-order valence-electron chi connectivity index (χ0n) is 5.21. The number of carbonyl (C=O) groups excluding carboxylic acids is 1. The smallest absolute Gasteiger partial charge is 0.151 e. The van der Waals surface area contributed by atoms with E-state index in [1.807, 2.05) is 0 Å². The zero-order chi connectivity index (χ0) is 8.15. The molecule has 0 radical (unpaired) electrons. The summed E-state index contributed by atoms with van der Waals surface area (Å²) in [6, 6.07) is 0. The van der Waals surface area contributed by atoms with Gasteiger partial charge in [-0.2, -0.15) is 0 Å². The number of rotatable bonds is 4. The van der Waals surface area contributed by atoms with Crippen molar-refractivity contribution >= 4 is 6.29 Å². The molecule has 0 unspecified atom stereocenters. The third kappa shape index (κ3) is 2.40. The second kappa shape index (κ2) is 4.35. The van der Waals surface area contributed by atoms with E-state index in [-0.39, 0.29) is 6.29 Å². The van der Waals surface area contributed by atoms with Crippen LogP contribution in [0, 0.1) is 0 Å². The van der Waals surface area contributed by atoms with E-state index >= 15 is 0 Å². The second-order valence-electron chi connectivity index (χ2n) is 1.87. The Balaban J connectivity index is 3.80. The molecule has 0 amide bonds. The lowest BCUT2D eigenvalue weighted by Gasteiger charge is -2.16. The van der Waals surface area contributed by atoms with Gasteiger partial charge in [0.15, 0.2) is 6.29 Å². The number of aliphatic hydroxyl groups is 4. The van der Waals surface area contributed by atoms with Crippen LogP contribution in [0.15, 0.2) is 0 Å². The predicted octanol–water partition coefficient (Wildman–Crippen LogP) is -2.74. The van der Waals surface area contributed by atoms with Gasteiger partial charge < -0.3 is 25.2 Å². The first-order valence-corrected chi connectivity index (χ1v) is 2.73. The highest BCUT2D eigenvalue weighted by atomic mass is 18.1. The molecule has 0 aromatic carbocycles. The van der Waals surface area contributed by atoms with Crippen molar-refractivity contribution in [1.82, 2.24) is 0 Å². The molecule has 0 rings (SSSR count). The van der Waals surface area contributed by atoms with Crippen LogP contribution < -0.4 is 0 Å². The Morgan fingerprint density at radius 3 is 2.10 bits per heavy atom. The highest BCUT2D eigenvalue weighted by Crippen LogP contribution is 1.96. The topological polar surface area (TPSA) is 98.0 Å². The van der Waals surface area contributed by atoms with Crippen LogP contribution in [0.5, 0.6) is 0 Å². The average molecular weight is 152 g/mol. The molecule has 0 aromatic rings. The van der Waals surface area contributed by atoms with Gasteiger partial charge >= 0.3 is 0 Å². The molecule has 0 heterocycles. The van der Waals surface area contributed by atoms with Crippen LogP contribution in [-0.4, -0.2) is 51.6 Å². The Bertz CT molecular complexity index is 104. The van der Waals surface area contributed by atoms with Crippen LogP contribution >= 0.6 is 0 Å². The van der Waals surface area contributed by atoms with Crippen molar-refractivity contribution in [3.63, 3.8) is 0 Å². The molecule has 0 saturated carbocycles. The molecular formula is C5H10O5. The molecule has 0 aliphatic rings. The first kappa shape index (κ1) is 9.51. The lowest BCUT2D eigenvalue weighted by atomic mass is 10.1. The summed E-state index contributed by atoms with van der Waals surface area (Å²) in [6.07, 6.45) is -4.63. The number of aldehydes is 1. The Kier molecular flexibility index (Phi) is 4.13. The summed E-state index contributed by atoms with van der Waals surface area (Å²) < 4.78 is 0. The van der Waals surface area contributed by atoms with Crippen molar-refractivity contribution in [2.24, 2.45) is 0 Å². The van der Waals surface area contributed by atoms with Crippen LogP contribution in [0.3, 0.4) is 0 Å². The molecule has 0 bridgehead atoms. The minimum absolute atomic E-state index is 0.0869. The van der Waals surface area contributed by atoms with Crippen molar-refractivity contribution in [3.8, 4) is 0 Å². The van der Waals surface area contributed by atoms with Gasteiger partial charge in [-0.05, 0) is 0 Å². The van der Waals surface area contributed by atoms with E-state index in [1.165, 1.54) is 0 Å². The summed E-state index contributed by atoms with van der Waals surface area (Å²) in [7, 11) is 0. The van der Waals surface area contributed by atoms with E-state index in [1.54, 1.807) is 0 Å². The Morgan fingerprint density at radius 2 is 1.80 bits per heavy atom. The normalized spacial score (nSPS) is 19.6. The number of carbonyl (C=O) groups is 1. The third-order valence-electron chi connectivity index (χ3n) is 1.07. The molecule has 5 heteroatoms. The fraction of sp³-hybridized carbons (Fsp3) is 0.800. The summed E-state index contributed by atoms with van der Waals surface area (Å²) in [5.74, 6) is 0. The van der Waals surface area contributed by atoms with Crippen LogP contribution in [0.4, 0.5) is 0 Å². The number of hydrogen-bond donors (Lipinski definition) is 4. The summed E-state index contributed by atoms with van der Waals surface area (Å²) in [5.41, 5.74) is 0. The van der Waals surface area contributed by atoms with E-state index in [9.17, 15) is 4.79 Å². The van der Waals surface area contributed by atoms with Crippen LogP contribution in [0.25, 0.3) is 0 Å². The maximum Gasteiger partial charge on any atom is 0.151 e. The fourth-order valence-corrected chi connectivity index (χ4v) is 0.416. The second-order valence-corrected chi connectivity index (χ2v) is 1.87. The summed E-state index contributed by atoms with van der Waals surface area (Å²) in [5, 5.41) is 34.1. The van der Waals surface area contributed by atoms with Crippen molar-refractivity contribution in [1.29, 1.82) is 0 Å². The van der Waals surface area contributed by atoms with Crippen LogP contribution in [0.1, 0.15) is 0 Å². The maximum absolute atomic E-state index is 9.76. The molecule has 10 heavy (non-hydrogen) atoms. The molecule has 0 saturated heterocycles. The SMILES string of the molecule is OC[C@@H](O)[C@@H](O)[C@H](O)C=[18O]. The minimum atomic E-state index is -1.64. The van der Waals surface area contributed by atoms with Gasteiger partial charge in [-0.25, -0.2) is 0 Å². The molecule has 0 aromatic heterocycles. The third-order valence-corrected chi connectivity index (χ3v) is 1.07. The van der Waals surface area contributed by atoms with Crippen molar-refractivity contribution in [3.05, 3.63) is 0 Å². The first-order chi connectivity index (χ1) is 4.63. The predicted molar refractivity (Wildman–Crippen MR) is 31.2 cm³/mol. The van der Waals surface area contributed by atoms with Crippen molar-refractivity contribution in [2.45, 2.75) is 18.3 Å². The molecule has 0 spiro atoms. The summed E-state index contributed by atoms with van der Waals surface area (Å²) in [4.78, 5) is 9.76. The summed E-state index contributed by atoms with van der Waals surface area (Å²) >= 11 is 0. The van der Waals surface area contributed by atoms with E-state index in [0.29, 0.717) is 0 Å². The van der Waals surface area contributed by atoms with Gasteiger partial charge in [0.1, 0.15) is 18.3 Å². The highest BCUT2D eigenvalue weighted by Gasteiger charge is 2.22. The van der Waals surface area contributed by atoms with Crippen molar-refractivity contribution in [2.75, 3.05) is 6.61 Å². The van der Waals surface area contributed by atoms with Gasteiger partial charge in [0.2, 0.25) is 0 Å². The molecule has 60 valence electrons. The highest BCUT2D eigenvalue weighted by molar-refractivity contribution is 5.56. The van der Waals surface area contributed by atoms with Gasteiger partial charge in [0.05, 0.1) is 6.61 Å². The van der Waals surface area contributed by atoms with Gasteiger partial charge in [-0.1, -0.05) is 0 Å². The van der Waals surface area contributed by atoms with E-state index in [2.05, 4.69) is 0 Å². The van der Waals surface area contributed by atoms with Gasteiger partial charge in [0, 0.05) is 0 Å². The lowest BCUT2D eigenvalue weighted by molar-refractivity contribution is -0.127. The minimum Gasteiger partial charge on any atom is -0.394 e. The van der Waals surface area contributed by atoms with Gasteiger partial charge in [0.25, 0.3) is 0 Å². The van der Waals surface area contributed by atoms with E-state index in [4.69, 9.17) is 20.4 Å². The Morgan fingerprint density at radius 1 is 1.30 bits per heavy atom. The van der Waals surface area contributed by atoms with Crippen LogP contribution in [-0.2, 0) is 4.79 Å². The molecule has 5 nitrogen and oxygen atoms in total. The zero-order valence-corrected chi connectivity index (χ0v) is 5.21. The number of hydrogen-bond acceptors (Lipinski definition) is 5. The molecule has 4 N–H and O–H groups in total. The average Bonchev–Trinajstić information content (AvgIpc) is 2.00. The van der Waals surface area contributed by atoms with E-state index < -0.39 is 24.9 Å². The quantitative estimate of drug-likeness (QED) is 0.259. The Labute approximate surface area is 57.5 Å². The Hall–Kier alpha value is -0.490. The first-order valence-electron chi connectivity index (χ1n) is 2.73. The standard InChI is InChI=1S/C5H10O5/c6-1-3(8)5(10)4(9)2-7/h1,3-5,7-10H,2H2/t3-,4-,5+/m1/s1/i6+2. The fourth-order valence-electron chi connectivity index (χ4n) is 0.416. The molecule has 0 fully saturated rings. The summed E-state index contributed by atoms with van der Waals surface area (Å²) in [6.45, 7) is -0.688. The largest absolute Gasteiger partial charge is 0.394 e. The monoisotopic (exact) mass is 152 g/mol. The van der Waals surface area contributed by atoms with Crippen molar-refractivity contribution < 1.29 is 25.2 Å². The van der Waals surface area contributed by atoms with Gasteiger partial charge in [-0.3, -0.25) is 0 Å². The number of aliphatic hydroxyl groups excluding tert-OH is 4. The molecular weight excluding hydrogens is 142 g/mol.